The maximum absolute atomic E-state index is 13.2. The lowest BCUT2D eigenvalue weighted by atomic mass is 10.3. The Balaban J connectivity index is 2.43. The Kier molecular flexibility index (Phi) is 4.24. The van der Waals surface area contributed by atoms with Crippen LogP contribution in [0, 0.1) is 5.82 Å². The number of nitrogen functional groups attached to an aromatic ring is 1. The lowest BCUT2D eigenvalue weighted by molar-refractivity contribution is 0.403. The molecule has 3 N–H and O–H groups in total. The molecule has 0 bridgehead atoms. The highest BCUT2D eigenvalue weighted by atomic mass is 35.5. The predicted molar refractivity (Wildman–Crippen MR) is 79.6 cm³/mol. The predicted octanol–water partition coefficient (Wildman–Crippen LogP) is 2.87. The molecule has 112 valence electrons. The molecule has 0 amide bonds. The lowest BCUT2D eigenvalue weighted by Crippen LogP contribution is -2.14. The quantitative estimate of drug-likeness (QED) is 0.845. The first-order valence-electron chi connectivity index (χ1n) is 5.74. The summed E-state index contributed by atoms with van der Waals surface area (Å²) in [4.78, 5) is -0.111. The lowest BCUT2D eigenvalue weighted by Gasteiger charge is -2.12. The molecule has 5 nitrogen and oxygen atoms in total. The van der Waals surface area contributed by atoms with Crippen LogP contribution in [0.4, 0.5) is 15.8 Å². The van der Waals surface area contributed by atoms with Gasteiger partial charge in [-0.1, -0.05) is 11.6 Å². The Hall–Kier alpha value is -1.99. The first kappa shape index (κ1) is 15.4. The number of halogens is 2. The molecule has 0 aliphatic heterocycles. The Morgan fingerprint density at radius 3 is 2.57 bits per heavy atom. The molecule has 0 aliphatic carbocycles. The van der Waals surface area contributed by atoms with Crippen molar-refractivity contribution < 1.29 is 17.5 Å². The van der Waals surface area contributed by atoms with Gasteiger partial charge >= 0.3 is 0 Å². The molecule has 0 aromatic heterocycles. The van der Waals surface area contributed by atoms with Gasteiger partial charge in [0.05, 0.1) is 12.8 Å². The molecule has 0 atom stereocenters. The fraction of sp³-hybridized carbons (Fsp3) is 0.0769. The van der Waals surface area contributed by atoms with Crippen molar-refractivity contribution in [2.24, 2.45) is 0 Å². The number of nitrogens with two attached hydrogens (primary N) is 1. The standard InChI is InChI=1S/C13H12ClFN2O3S/c1-20-12-7-10(16)2-3-13(12)21(18,19)17-11-5-8(14)4-9(15)6-11/h2-7,17H,16H2,1H3. The molecule has 0 heterocycles. The number of sulfonamides is 1. The Labute approximate surface area is 126 Å². The second-order valence-corrected chi connectivity index (χ2v) is 6.26. The molecule has 21 heavy (non-hydrogen) atoms. The van der Waals surface area contributed by atoms with Gasteiger partial charge in [0.25, 0.3) is 10.0 Å². The van der Waals surface area contributed by atoms with Crippen molar-refractivity contribution in [3.05, 3.63) is 47.2 Å². The van der Waals surface area contributed by atoms with Crippen LogP contribution in [0.2, 0.25) is 5.02 Å². The number of nitrogens with one attached hydrogen (secondary N) is 1. The normalized spacial score (nSPS) is 11.2. The Morgan fingerprint density at radius 1 is 1.24 bits per heavy atom. The van der Waals surface area contributed by atoms with Crippen LogP contribution in [-0.2, 0) is 10.0 Å². The third kappa shape index (κ3) is 3.56. The number of methoxy groups -OCH3 is 1. The fourth-order valence-electron chi connectivity index (χ4n) is 1.73. The minimum Gasteiger partial charge on any atom is -0.495 e. The fourth-order valence-corrected chi connectivity index (χ4v) is 3.14. The van der Waals surface area contributed by atoms with Gasteiger partial charge in [0, 0.05) is 16.8 Å². The zero-order chi connectivity index (χ0) is 15.6. The van der Waals surface area contributed by atoms with Gasteiger partial charge < -0.3 is 10.5 Å². The second kappa shape index (κ2) is 5.79. The van der Waals surface area contributed by atoms with E-state index in [1.54, 1.807) is 0 Å². The second-order valence-electron chi connectivity index (χ2n) is 4.17. The Morgan fingerprint density at radius 2 is 1.95 bits per heavy atom. The highest BCUT2D eigenvalue weighted by Crippen LogP contribution is 2.28. The number of rotatable bonds is 4. The van der Waals surface area contributed by atoms with Gasteiger partial charge in [-0.2, -0.15) is 0 Å². The van der Waals surface area contributed by atoms with Crippen LogP contribution in [0.3, 0.4) is 0 Å². The van der Waals surface area contributed by atoms with E-state index >= 15 is 0 Å². The minimum absolute atomic E-state index is 0.0129. The number of hydrogen-bond donors (Lipinski definition) is 2. The summed E-state index contributed by atoms with van der Waals surface area (Å²) >= 11 is 5.69. The van der Waals surface area contributed by atoms with E-state index in [0.29, 0.717) is 5.69 Å². The van der Waals surface area contributed by atoms with E-state index in [1.807, 2.05) is 0 Å². The van der Waals surface area contributed by atoms with Crippen molar-refractivity contribution in [1.82, 2.24) is 0 Å². The van der Waals surface area contributed by atoms with E-state index in [1.165, 1.54) is 31.4 Å². The van der Waals surface area contributed by atoms with Crippen LogP contribution in [0.25, 0.3) is 0 Å². The zero-order valence-electron chi connectivity index (χ0n) is 10.9. The van der Waals surface area contributed by atoms with Crippen LogP contribution in [-0.4, -0.2) is 15.5 Å². The Bertz CT molecular complexity index is 761. The van der Waals surface area contributed by atoms with E-state index in [0.717, 1.165) is 12.1 Å². The van der Waals surface area contributed by atoms with Crippen LogP contribution >= 0.6 is 11.6 Å². The molecular formula is C13H12ClFN2O3S. The molecule has 0 aliphatic rings. The molecule has 0 saturated carbocycles. The zero-order valence-corrected chi connectivity index (χ0v) is 12.5. The average Bonchev–Trinajstić information content (AvgIpc) is 2.36. The molecule has 0 spiro atoms. The number of anilines is 2. The maximum Gasteiger partial charge on any atom is 0.265 e. The van der Waals surface area contributed by atoms with Crippen molar-refractivity contribution in [2.45, 2.75) is 4.90 Å². The van der Waals surface area contributed by atoms with Gasteiger partial charge in [0.2, 0.25) is 0 Å². The highest BCUT2D eigenvalue weighted by molar-refractivity contribution is 7.92. The summed E-state index contributed by atoms with van der Waals surface area (Å²) in [6.45, 7) is 0. The first-order chi connectivity index (χ1) is 9.81. The van der Waals surface area contributed by atoms with Gasteiger partial charge in [-0.3, -0.25) is 4.72 Å². The number of benzene rings is 2. The van der Waals surface area contributed by atoms with E-state index in [4.69, 9.17) is 22.1 Å². The van der Waals surface area contributed by atoms with Crippen molar-refractivity contribution in [3.8, 4) is 5.75 Å². The summed E-state index contributed by atoms with van der Waals surface area (Å²) in [6, 6.07) is 7.50. The first-order valence-corrected chi connectivity index (χ1v) is 7.60. The van der Waals surface area contributed by atoms with Gasteiger partial charge in [0.15, 0.2) is 0 Å². The average molecular weight is 331 g/mol. The van der Waals surface area contributed by atoms with Gasteiger partial charge in [0.1, 0.15) is 16.5 Å². The van der Waals surface area contributed by atoms with Crippen molar-refractivity contribution in [1.29, 1.82) is 0 Å². The molecule has 2 aromatic carbocycles. The topological polar surface area (TPSA) is 81.4 Å². The summed E-state index contributed by atoms with van der Waals surface area (Å²) < 4.78 is 45.1. The van der Waals surface area contributed by atoms with Crippen molar-refractivity contribution >= 4 is 33.0 Å². The molecule has 2 aromatic rings. The van der Waals surface area contributed by atoms with Gasteiger partial charge in [-0.15, -0.1) is 0 Å². The SMILES string of the molecule is COc1cc(N)ccc1S(=O)(=O)Nc1cc(F)cc(Cl)c1. The molecule has 0 radical (unpaired) electrons. The molecule has 0 saturated heterocycles. The van der Waals surface area contributed by atoms with Crippen molar-refractivity contribution in [3.63, 3.8) is 0 Å². The third-order valence-electron chi connectivity index (χ3n) is 2.59. The summed E-state index contributed by atoms with van der Waals surface area (Å²) in [5.41, 5.74) is 5.95. The molecule has 8 heteroatoms. The summed E-state index contributed by atoms with van der Waals surface area (Å²) in [5.74, 6) is -0.561. The molecule has 0 fully saturated rings. The van der Waals surface area contributed by atoms with Gasteiger partial charge in [-0.05, 0) is 30.3 Å². The van der Waals surface area contributed by atoms with Crippen LogP contribution in [0.1, 0.15) is 0 Å². The van der Waals surface area contributed by atoms with E-state index in [2.05, 4.69) is 4.72 Å². The monoisotopic (exact) mass is 330 g/mol. The van der Waals surface area contributed by atoms with Crippen LogP contribution in [0.15, 0.2) is 41.3 Å². The summed E-state index contributed by atoms with van der Waals surface area (Å²) in [5, 5.41) is 0.0805. The number of hydrogen-bond acceptors (Lipinski definition) is 4. The molecule has 2 rings (SSSR count). The molecule has 0 unspecified atom stereocenters. The third-order valence-corrected chi connectivity index (χ3v) is 4.23. The van der Waals surface area contributed by atoms with E-state index in [9.17, 15) is 12.8 Å². The van der Waals surface area contributed by atoms with E-state index < -0.39 is 15.8 Å². The minimum atomic E-state index is -3.96. The summed E-state index contributed by atoms with van der Waals surface area (Å²) in [7, 11) is -2.64. The largest absolute Gasteiger partial charge is 0.495 e. The highest BCUT2D eigenvalue weighted by Gasteiger charge is 2.20. The van der Waals surface area contributed by atoms with Crippen LogP contribution < -0.4 is 15.2 Å². The van der Waals surface area contributed by atoms with Gasteiger partial charge in [-0.25, -0.2) is 12.8 Å². The van der Waals surface area contributed by atoms with E-state index in [-0.39, 0.29) is 21.4 Å². The molecular weight excluding hydrogens is 319 g/mol. The van der Waals surface area contributed by atoms with Crippen molar-refractivity contribution in [2.75, 3.05) is 17.6 Å². The smallest absolute Gasteiger partial charge is 0.265 e. The number of ether oxygens (including phenoxy) is 1. The maximum atomic E-state index is 13.2. The van der Waals surface area contributed by atoms with Crippen LogP contribution in [0.5, 0.6) is 5.75 Å². The summed E-state index contributed by atoms with van der Waals surface area (Å²) in [6.07, 6.45) is 0.